The van der Waals surface area contributed by atoms with Gasteiger partial charge in [0.1, 0.15) is 0 Å². The van der Waals surface area contributed by atoms with Gasteiger partial charge in [-0.3, -0.25) is 4.79 Å². The van der Waals surface area contributed by atoms with E-state index in [0.717, 1.165) is 13.0 Å². The molecule has 0 saturated heterocycles. The number of hydrogen-bond acceptors (Lipinski definition) is 3. The lowest BCUT2D eigenvalue weighted by Gasteiger charge is -2.15. The molecule has 0 fully saturated rings. The SMILES string of the molecule is CCOC(CN)CCn1ccc(=O)cc1. The van der Waals surface area contributed by atoms with E-state index < -0.39 is 0 Å². The Labute approximate surface area is 89.7 Å². The van der Waals surface area contributed by atoms with Crippen LogP contribution in [0.15, 0.2) is 29.3 Å². The average molecular weight is 210 g/mol. The van der Waals surface area contributed by atoms with Gasteiger partial charge in [0.25, 0.3) is 0 Å². The van der Waals surface area contributed by atoms with Gasteiger partial charge >= 0.3 is 0 Å². The van der Waals surface area contributed by atoms with Crippen LogP contribution in [0.4, 0.5) is 0 Å². The Kier molecular flexibility index (Phi) is 5.07. The molecule has 0 radical (unpaired) electrons. The van der Waals surface area contributed by atoms with Crippen LogP contribution in [0, 0.1) is 0 Å². The van der Waals surface area contributed by atoms with Crippen molar-refractivity contribution >= 4 is 0 Å². The highest BCUT2D eigenvalue weighted by Gasteiger charge is 2.04. The molecule has 1 heterocycles. The zero-order valence-corrected chi connectivity index (χ0v) is 9.06. The van der Waals surface area contributed by atoms with Gasteiger partial charge in [-0.1, -0.05) is 0 Å². The highest BCUT2D eigenvalue weighted by Crippen LogP contribution is 1.99. The molecule has 1 rings (SSSR count). The van der Waals surface area contributed by atoms with Gasteiger partial charge in [0.15, 0.2) is 5.43 Å². The maximum absolute atomic E-state index is 10.9. The Bertz CT molecular complexity index is 315. The normalized spacial score (nSPS) is 12.7. The molecule has 0 aliphatic heterocycles. The van der Waals surface area contributed by atoms with Crippen molar-refractivity contribution in [1.82, 2.24) is 4.57 Å². The Morgan fingerprint density at radius 2 is 2.13 bits per heavy atom. The summed E-state index contributed by atoms with van der Waals surface area (Å²) in [5.41, 5.74) is 5.60. The number of nitrogens with zero attached hydrogens (tertiary/aromatic N) is 1. The molecule has 1 unspecified atom stereocenters. The summed E-state index contributed by atoms with van der Waals surface area (Å²) in [7, 11) is 0. The first-order valence-electron chi connectivity index (χ1n) is 5.24. The molecule has 1 aromatic heterocycles. The number of aryl methyl sites for hydroxylation is 1. The molecule has 0 spiro atoms. The highest BCUT2D eigenvalue weighted by atomic mass is 16.5. The van der Waals surface area contributed by atoms with Crippen LogP contribution in [-0.4, -0.2) is 23.8 Å². The van der Waals surface area contributed by atoms with Gasteiger partial charge in [0, 0.05) is 44.2 Å². The van der Waals surface area contributed by atoms with Crippen LogP contribution in [0.5, 0.6) is 0 Å². The van der Waals surface area contributed by atoms with Gasteiger partial charge in [-0.05, 0) is 13.3 Å². The number of aromatic nitrogens is 1. The largest absolute Gasteiger partial charge is 0.377 e. The van der Waals surface area contributed by atoms with Crippen molar-refractivity contribution in [3.05, 3.63) is 34.7 Å². The smallest absolute Gasteiger partial charge is 0.181 e. The predicted octanol–water partition coefficient (Wildman–Crippen LogP) is 0.602. The summed E-state index contributed by atoms with van der Waals surface area (Å²) in [6.07, 6.45) is 4.53. The van der Waals surface area contributed by atoms with Gasteiger partial charge in [-0.2, -0.15) is 0 Å². The number of rotatable bonds is 6. The third kappa shape index (κ3) is 4.27. The number of hydrogen-bond donors (Lipinski definition) is 1. The monoisotopic (exact) mass is 210 g/mol. The van der Waals surface area contributed by atoms with Crippen LogP contribution >= 0.6 is 0 Å². The Morgan fingerprint density at radius 1 is 1.47 bits per heavy atom. The average Bonchev–Trinajstić information content (AvgIpc) is 2.26. The zero-order valence-electron chi connectivity index (χ0n) is 9.06. The van der Waals surface area contributed by atoms with E-state index in [0.29, 0.717) is 13.2 Å². The molecule has 0 saturated carbocycles. The van der Waals surface area contributed by atoms with Gasteiger partial charge < -0.3 is 15.0 Å². The first-order valence-corrected chi connectivity index (χ1v) is 5.24. The molecule has 1 atom stereocenters. The molecule has 2 N–H and O–H groups in total. The van der Waals surface area contributed by atoms with E-state index in [1.807, 2.05) is 11.5 Å². The Hall–Kier alpha value is -1.13. The number of ether oxygens (including phenoxy) is 1. The summed E-state index contributed by atoms with van der Waals surface area (Å²) in [6, 6.07) is 3.11. The summed E-state index contributed by atoms with van der Waals surface area (Å²) in [4.78, 5) is 10.9. The zero-order chi connectivity index (χ0) is 11.1. The van der Waals surface area contributed by atoms with Crippen molar-refractivity contribution in [2.45, 2.75) is 26.0 Å². The Balaban J connectivity index is 2.41. The van der Waals surface area contributed by atoms with Crippen LogP contribution in [0.2, 0.25) is 0 Å². The van der Waals surface area contributed by atoms with Crippen LogP contribution in [0.1, 0.15) is 13.3 Å². The highest BCUT2D eigenvalue weighted by molar-refractivity contribution is 4.93. The lowest BCUT2D eigenvalue weighted by atomic mass is 10.2. The fraction of sp³-hybridized carbons (Fsp3) is 0.545. The van der Waals surface area contributed by atoms with E-state index in [1.165, 1.54) is 0 Å². The Morgan fingerprint density at radius 3 is 2.67 bits per heavy atom. The molecular formula is C11H18N2O2. The molecule has 15 heavy (non-hydrogen) atoms. The van der Waals surface area contributed by atoms with Gasteiger partial charge in [0.05, 0.1) is 6.10 Å². The summed E-state index contributed by atoms with van der Waals surface area (Å²) >= 11 is 0. The van der Waals surface area contributed by atoms with E-state index in [-0.39, 0.29) is 11.5 Å². The number of nitrogens with two attached hydrogens (primary N) is 1. The second-order valence-corrected chi connectivity index (χ2v) is 3.37. The minimum absolute atomic E-state index is 0.0337. The molecule has 4 nitrogen and oxygen atoms in total. The molecule has 84 valence electrons. The quantitative estimate of drug-likeness (QED) is 0.748. The van der Waals surface area contributed by atoms with Crippen molar-refractivity contribution in [3.63, 3.8) is 0 Å². The summed E-state index contributed by atoms with van der Waals surface area (Å²) < 4.78 is 7.40. The van der Waals surface area contributed by atoms with Gasteiger partial charge in [0.2, 0.25) is 0 Å². The molecule has 0 aliphatic carbocycles. The van der Waals surface area contributed by atoms with Crippen LogP contribution in [0.25, 0.3) is 0 Å². The second-order valence-electron chi connectivity index (χ2n) is 3.37. The molecular weight excluding hydrogens is 192 g/mol. The molecule has 0 aromatic carbocycles. The van der Waals surface area contributed by atoms with Crippen LogP contribution in [0.3, 0.4) is 0 Å². The fourth-order valence-corrected chi connectivity index (χ4v) is 1.39. The van der Waals surface area contributed by atoms with E-state index >= 15 is 0 Å². The third-order valence-corrected chi connectivity index (χ3v) is 2.24. The molecule has 1 aromatic rings. The first kappa shape index (κ1) is 11.9. The van der Waals surface area contributed by atoms with Crippen LogP contribution < -0.4 is 11.2 Å². The van der Waals surface area contributed by atoms with E-state index in [4.69, 9.17) is 10.5 Å². The van der Waals surface area contributed by atoms with E-state index in [9.17, 15) is 4.79 Å². The first-order chi connectivity index (χ1) is 7.26. The molecule has 0 amide bonds. The standard InChI is InChI=1S/C11H18N2O2/c1-2-15-11(9-12)5-8-13-6-3-10(14)4-7-13/h3-4,6-7,11H,2,5,8-9,12H2,1H3. The second kappa shape index (κ2) is 6.37. The van der Waals surface area contributed by atoms with E-state index in [1.54, 1.807) is 24.5 Å². The maximum atomic E-state index is 10.9. The van der Waals surface area contributed by atoms with Crippen molar-refractivity contribution in [2.75, 3.05) is 13.2 Å². The predicted molar refractivity (Wildman–Crippen MR) is 59.8 cm³/mol. The van der Waals surface area contributed by atoms with Gasteiger partial charge in [-0.15, -0.1) is 0 Å². The van der Waals surface area contributed by atoms with Crippen molar-refractivity contribution in [1.29, 1.82) is 0 Å². The summed E-state index contributed by atoms with van der Waals surface area (Å²) in [5.74, 6) is 0. The molecule has 0 bridgehead atoms. The molecule has 0 aliphatic rings. The van der Waals surface area contributed by atoms with Crippen LogP contribution in [-0.2, 0) is 11.3 Å². The van der Waals surface area contributed by atoms with Crippen molar-refractivity contribution in [2.24, 2.45) is 5.73 Å². The molecule has 4 heteroatoms. The topological polar surface area (TPSA) is 57.2 Å². The summed E-state index contributed by atoms with van der Waals surface area (Å²) in [5, 5.41) is 0. The third-order valence-electron chi connectivity index (χ3n) is 2.24. The van der Waals surface area contributed by atoms with Crippen molar-refractivity contribution in [3.8, 4) is 0 Å². The summed E-state index contributed by atoms with van der Waals surface area (Å²) in [6.45, 7) is 4.00. The van der Waals surface area contributed by atoms with Crippen molar-refractivity contribution < 1.29 is 4.74 Å². The van der Waals surface area contributed by atoms with E-state index in [2.05, 4.69) is 0 Å². The lowest BCUT2D eigenvalue weighted by Crippen LogP contribution is -2.25. The maximum Gasteiger partial charge on any atom is 0.181 e. The van der Waals surface area contributed by atoms with Gasteiger partial charge in [-0.25, -0.2) is 0 Å². The minimum atomic E-state index is 0.0337. The number of pyridine rings is 1. The lowest BCUT2D eigenvalue weighted by molar-refractivity contribution is 0.0599. The fourth-order valence-electron chi connectivity index (χ4n) is 1.39. The minimum Gasteiger partial charge on any atom is -0.377 e.